The summed E-state index contributed by atoms with van der Waals surface area (Å²) >= 11 is 1.09. The van der Waals surface area contributed by atoms with Crippen molar-refractivity contribution in [3.05, 3.63) is 0 Å². The first-order chi connectivity index (χ1) is 6.93. The molecule has 6 nitrogen and oxygen atoms in total. The van der Waals surface area contributed by atoms with Gasteiger partial charge >= 0.3 is 5.97 Å². The van der Waals surface area contributed by atoms with Crippen LogP contribution in [-0.4, -0.2) is 51.3 Å². The molecule has 5 N–H and O–H groups in total. The molecule has 0 radical (unpaired) electrons. The van der Waals surface area contributed by atoms with Crippen LogP contribution in [0.5, 0.6) is 0 Å². The smallest absolute Gasteiger partial charge is 0.321 e. The van der Waals surface area contributed by atoms with Gasteiger partial charge in [-0.25, -0.2) is 0 Å². The Bertz CT molecular complexity index is 284. The molecule has 0 aromatic heterocycles. The second-order valence-corrected chi connectivity index (χ2v) is 4.80. The van der Waals surface area contributed by atoms with E-state index < -0.39 is 29.5 Å². The Morgan fingerprint density at radius 1 is 1.73 bits per heavy atom. The minimum atomic E-state index is -1.25. The molecule has 1 rings (SSSR count). The van der Waals surface area contributed by atoms with E-state index in [1.54, 1.807) is 0 Å². The topological polar surface area (TPSA) is 113 Å². The van der Waals surface area contributed by atoms with Crippen LogP contribution in [0.25, 0.3) is 0 Å². The first kappa shape index (κ1) is 12.4. The van der Waals surface area contributed by atoms with Crippen molar-refractivity contribution in [2.24, 2.45) is 5.73 Å². The van der Waals surface area contributed by atoms with Crippen LogP contribution in [-0.2, 0) is 9.59 Å². The van der Waals surface area contributed by atoms with Gasteiger partial charge in [-0.15, -0.1) is 11.8 Å². The summed E-state index contributed by atoms with van der Waals surface area (Å²) in [5, 5.41) is 20.6. The summed E-state index contributed by atoms with van der Waals surface area (Å²) in [5.74, 6) is -1.16. The quantitative estimate of drug-likeness (QED) is 0.462. The van der Waals surface area contributed by atoms with Crippen LogP contribution in [0.2, 0.25) is 0 Å². The number of carboxylic acid groups (broad SMARTS) is 1. The van der Waals surface area contributed by atoms with E-state index in [2.05, 4.69) is 5.32 Å². The van der Waals surface area contributed by atoms with Crippen LogP contribution in [0.1, 0.15) is 6.92 Å². The Balaban J connectivity index is 2.81. The third-order valence-corrected chi connectivity index (χ3v) is 3.68. The number of carbonyl (C=O) groups excluding carboxylic acids is 1. The summed E-state index contributed by atoms with van der Waals surface area (Å²) in [4.78, 5) is 21.1. The van der Waals surface area contributed by atoms with Crippen LogP contribution < -0.4 is 11.1 Å². The number of nitrogens with two attached hydrogens (primary N) is 1. The number of ketones is 1. The van der Waals surface area contributed by atoms with Crippen molar-refractivity contribution in [2.45, 2.75) is 23.9 Å². The summed E-state index contributed by atoms with van der Waals surface area (Å²) in [7, 11) is 0. The van der Waals surface area contributed by atoms with E-state index in [1.165, 1.54) is 6.92 Å². The lowest BCUT2D eigenvalue weighted by Crippen LogP contribution is -2.57. The maximum Gasteiger partial charge on any atom is 0.321 e. The van der Waals surface area contributed by atoms with E-state index in [0.29, 0.717) is 0 Å². The predicted molar refractivity (Wildman–Crippen MR) is 55.5 cm³/mol. The van der Waals surface area contributed by atoms with Gasteiger partial charge in [0.1, 0.15) is 10.9 Å². The number of aliphatic hydroxyl groups excluding tert-OH is 1. The molecule has 0 spiro atoms. The molecule has 1 saturated heterocycles. The molecule has 7 heteroatoms. The molecule has 0 aromatic rings. The third kappa shape index (κ3) is 2.31. The van der Waals surface area contributed by atoms with Gasteiger partial charge in [-0.2, -0.15) is 0 Å². The standard InChI is InChI=1S/C8H14N2O4S/c1-4(9)6(12)8(3-11)10-5(2-15-8)7(13)14/h4-5,10-11H,2-3,9H2,1H3,(H,13,14)/t4-,5?,8?/m1/s1. The van der Waals surface area contributed by atoms with Crippen molar-refractivity contribution in [3.63, 3.8) is 0 Å². The van der Waals surface area contributed by atoms with Crippen molar-refractivity contribution >= 4 is 23.5 Å². The Labute approximate surface area is 91.2 Å². The highest BCUT2D eigenvalue weighted by molar-refractivity contribution is 8.01. The van der Waals surface area contributed by atoms with E-state index in [0.717, 1.165) is 11.8 Å². The molecule has 0 aliphatic carbocycles. The second kappa shape index (κ2) is 4.48. The lowest BCUT2D eigenvalue weighted by molar-refractivity contribution is -0.139. The summed E-state index contributed by atoms with van der Waals surface area (Å²) < 4.78 is 0. The number of rotatable bonds is 4. The molecule has 1 aliphatic heterocycles. The average Bonchev–Trinajstić information content (AvgIpc) is 2.62. The van der Waals surface area contributed by atoms with Gasteiger partial charge in [-0.3, -0.25) is 14.9 Å². The van der Waals surface area contributed by atoms with Gasteiger partial charge < -0.3 is 15.9 Å². The SMILES string of the molecule is C[C@@H](N)C(=O)C1(CO)NC(C(=O)O)CS1. The molecule has 1 fully saturated rings. The number of carboxylic acids is 1. The molecule has 0 bridgehead atoms. The highest BCUT2D eigenvalue weighted by Crippen LogP contribution is 2.31. The van der Waals surface area contributed by atoms with E-state index >= 15 is 0 Å². The number of Topliss-reactive ketones (excluding diaryl/α,β-unsaturated/α-hetero) is 1. The normalized spacial score (nSPS) is 32.6. The summed E-state index contributed by atoms with van der Waals surface area (Å²) in [5.41, 5.74) is 5.44. The van der Waals surface area contributed by atoms with Crippen LogP contribution >= 0.6 is 11.8 Å². The van der Waals surface area contributed by atoms with Gasteiger partial charge in [0.05, 0.1) is 12.6 Å². The number of aliphatic carboxylic acids is 1. The van der Waals surface area contributed by atoms with Crippen LogP contribution in [0.15, 0.2) is 0 Å². The van der Waals surface area contributed by atoms with E-state index in [9.17, 15) is 14.7 Å². The van der Waals surface area contributed by atoms with Crippen molar-refractivity contribution in [3.8, 4) is 0 Å². The maximum absolute atomic E-state index is 11.7. The summed E-state index contributed by atoms with van der Waals surface area (Å²) in [6.45, 7) is 1.05. The number of carbonyl (C=O) groups is 2. The second-order valence-electron chi connectivity index (χ2n) is 3.48. The summed E-state index contributed by atoms with van der Waals surface area (Å²) in [6, 6.07) is -1.55. The largest absolute Gasteiger partial charge is 0.480 e. The minimum absolute atomic E-state index is 0.244. The average molecular weight is 234 g/mol. The van der Waals surface area contributed by atoms with Crippen LogP contribution in [0.3, 0.4) is 0 Å². The zero-order chi connectivity index (χ0) is 11.6. The Morgan fingerprint density at radius 2 is 2.33 bits per heavy atom. The Kier molecular flexibility index (Phi) is 3.72. The maximum atomic E-state index is 11.7. The minimum Gasteiger partial charge on any atom is -0.480 e. The van der Waals surface area contributed by atoms with Crippen molar-refractivity contribution in [1.82, 2.24) is 5.32 Å². The summed E-state index contributed by atoms with van der Waals surface area (Å²) in [6.07, 6.45) is 0. The molecule has 0 amide bonds. The number of thioether (sulfide) groups is 1. The molecule has 0 aromatic carbocycles. The lowest BCUT2D eigenvalue weighted by Gasteiger charge is -2.26. The zero-order valence-corrected chi connectivity index (χ0v) is 9.08. The zero-order valence-electron chi connectivity index (χ0n) is 8.27. The van der Waals surface area contributed by atoms with Crippen LogP contribution in [0, 0.1) is 0 Å². The first-order valence-electron chi connectivity index (χ1n) is 4.48. The van der Waals surface area contributed by atoms with Gasteiger partial charge in [0.25, 0.3) is 0 Å². The van der Waals surface area contributed by atoms with E-state index in [1.807, 2.05) is 0 Å². The molecule has 0 saturated carbocycles. The highest BCUT2D eigenvalue weighted by atomic mass is 32.2. The first-order valence-corrected chi connectivity index (χ1v) is 5.46. The molecule has 1 heterocycles. The predicted octanol–water partition coefficient (Wildman–Crippen LogP) is -1.62. The number of nitrogens with one attached hydrogen (secondary N) is 1. The molecule has 3 atom stereocenters. The fourth-order valence-corrected chi connectivity index (χ4v) is 2.72. The van der Waals surface area contributed by atoms with E-state index in [-0.39, 0.29) is 11.5 Å². The molecular weight excluding hydrogens is 220 g/mol. The Morgan fingerprint density at radius 3 is 2.67 bits per heavy atom. The third-order valence-electron chi connectivity index (χ3n) is 2.24. The fraction of sp³-hybridized carbons (Fsp3) is 0.750. The monoisotopic (exact) mass is 234 g/mol. The van der Waals surface area contributed by atoms with Gasteiger partial charge in [-0.05, 0) is 6.92 Å². The Hall–Kier alpha value is -0.630. The number of hydrogen-bond acceptors (Lipinski definition) is 6. The van der Waals surface area contributed by atoms with Gasteiger partial charge in [0.15, 0.2) is 5.78 Å². The van der Waals surface area contributed by atoms with Gasteiger partial charge in [0, 0.05) is 5.75 Å². The molecule has 2 unspecified atom stereocenters. The van der Waals surface area contributed by atoms with E-state index in [4.69, 9.17) is 10.8 Å². The fourth-order valence-electron chi connectivity index (χ4n) is 1.40. The van der Waals surface area contributed by atoms with Crippen molar-refractivity contribution in [2.75, 3.05) is 12.4 Å². The number of hydrogen-bond donors (Lipinski definition) is 4. The molecule has 15 heavy (non-hydrogen) atoms. The van der Waals surface area contributed by atoms with Gasteiger partial charge in [0.2, 0.25) is 0 Å². The number of aliphatic hydroxyl groups is 1. The molecular formula is C8H14N2O4S. The highest BCUT2D eigenvalue weighted by Gasteiger charge is 2.48. The van der Waals surface area contributed by atoms with Crippen molar-refractivity contribution < 1.29 is 19.8 Å². The molecule has 86 valence electrons. The molecule has 1 aliphatic rings. The van der Waals surface area contributed by atoms with Crippen molar-refractivity contribution in [1.29, 1.82) is 0 Å². The lowest BCUT2D eigenvalue weighted by atomic mass is 10.1. The van der Waals surface area contributed by atoms with Crippen LogP contribution in [0.4, 0.5) is 0 Å². The van der Waals surface area contributed by atoms with Gasteiger partial charge in [-0.1, -0.05) is 0 Å².